The second-order valence-electron chi connectivity index (χ2n) is 4.29. The second-order valence-corrected chi connectivity index (χ2v) is 4.70. The fourth-order valence-electron chi connectivity index (χ4n) is 1.75. The van der Waals surface area contributed by atoms with Crippen molar-refractivity contribution in [2.45, 2.75) is 19.9 Å². The number of aromatic nitrogens is 2. The van der Waals surface area contributed by atoms with Gasteiger partial charge in [-0.1, -0.05) is 17.7 Å². The number of amides is 1. The van der Waals surface area contributed by atoms with Gasteiger partial charge in [0.25, 0.3) is 0 Å². The average molecular weight is 289 g/mol. The first-order valence-electron chi connectivity index (χ1n) is 6.08. The van der Waals surface area contributed by atoms with Crippen molar-refractivity contribution in [1.82, 2.24) is 9.78 Å². The number of nitrogens with zero attached hydrogens (tertiary/aromatic N) is 3. The molecule has 20 heavy (non-hydrogen) atoms. The molecule has 1 aromatic carbocycles. The summed E-state index contributed by atoms with van der Waals surface area (Å²) in [4.78, 5) is 11.8. The maximum Gasteiger partial charge on any atom is 0.226 e. The lowest BCUT2D eigenvalue weighted by Crippen LogP contribution is -2.15. The number of hydrogen-bond acceptors (Lipinski definition) is 3. The second kappa shape index (κ2) is 6.22. The number of rotatable bonds is 4. The Morgan fingerprint density at radius 2 is 2.35 bits per heavy atom. The summed E-state index contributed by atoms with van der Waals surface area (Å²) in [6.45, 7) is 2.31. The lowest BCUT2D eigenvalue weighted by molar-refractivity contribution is -0.116. The van der Waals surface area contributed by atoms with E-state index in [9.17, 15) is 4.79 Å². The van der Waals surface area contributed by atoms with Crippen molar-refractivity contribution in [3.05, 3.63) is 46.7 Å². The maximum absolute atomic E-state index is 11.8. The van der Waals surface area contributed by atoms with Crippen LogP contribution in [0.3, 0.4) is 0 Å². The van der Waals surface area contributed by atoms with Crippen LogP contribution in [0.25, 0.3) is 0 Å². The monoisotopic (exact) mass is 288 g/mol. The van der Waals surface area contributed by atoms with Crippen LogP contribution < -0.4 is 5.32 Å². The largest absolute Gasteiger partial charge is 0.326 e. The topological polar surface area (TPSA) is 70.7 Å². The Kier molecular flexibility index (Phi) is 4.38. The average Bonchev–Trinajstić information content (AvgIpc) is 2.77. The Morgan fingerprint density at radius 3 is 3.00 bits per heavy atom. The minimum absolute atomic E-state index is 0.133. The van der Waals surface area contributed by atoms with E-state index in [2.05, 4.69) is 10.4 Å². The summed E-state index contributed by atoms with van der Waals surface area (Å²) in [5.41, 5.74) is 1.97. The molecule has 2 rings (SSSR count). The van der Waals surface area contributed by atoms with Crippen molar-refractivity contribution < 1.29 is 4.79 Å². The van der Waals surface area contributed by atoms with Crippen molar-refractivity contribution >= 4 is 23.2 Å². The molecule has 0 saturated heterocycles. The minimum Gasteiger partial charge on any atom is -0.326 e. The highest BCUT2D eigenvalue weighted by atomic mass is 35.5. The molecule has 1 N–H and O–H groups in total. The maximum atomic E-state index is 11.8. The van der Waals surface area contributed by atoms with Gasteiger partial charge in [-0.05, 0) is 25.1 Å². The number of carbonyl (C=O) groups excluding carboxylic acids is 1. The van der Waals surface area contributed by atoms with E-state index in [0.29, 0.717) is 22.8 Å². The van der Waals surface area contributed by atoms with Gasteiger partial charge in [0.05, 0.1) is 35.1 Å². The Labute approximate surface area is 121 Å². The van der Waals surface area contributed by atoms with E-state index in [4.69, 9.17) is 16.9 Å². The first-order valence-corrected chi connectivity index (χ1v) is 6.46. The summed E-state index contributed by atoms with van der Waals surface area (Å²) in [6.07, 6.45) is 1.85. The van der Waals surface area contributed by atoms with E-state index in [0.717, 1.165) is 5.69 Å². The predicted molar refractivity (Wildman–Crippen MR) is 76.4 cm³/mol. The van der Waals surface area contributed by atoms with Crippen LogP contribution in [0.5, 0.6) is 0 Å². The van der Waals surface area contributed by atoms with Gasteiger partial charge in [0.1, 0.15) is 0 Å². The molecule has 5 nitrogen and oxygen atoms in total. The van der Waals surface area contributed by atoms with Crippen LogP contribution in [-0.4, -0.2) is 15.7 Å². The van der Waals surface area contributed by atoms with E-state index in [1.54, 1.807) is 35.1 Å². The molecule has 1 amide bonds. The zero-order valence-corrected chi connectivity index (χ0v) is 11.7. The quantitative estimate of drug-likeness (QED) is 0.940. The standard InChI is InChI=1S/C14H13ClN4O/c1-10-13(15)9-17-19(10)6-5-14(20)18-12-4-2-3-11(7-12)8-16/h2-4,7,9H,5-6H2,1H3,(H,18,20). The first-order chi connectivity index (χ1) is 9.60. The van der Waals surface area contributed by atoms with Gasteiger partial charge in [-0.3, -0.25) is 9.48 Å². The molecule has 0 spiro atoms. The molecule has 0 bridgehead atoms. The third-order valence-electron chi connectivity index (χ3n) is 2.87. The van der Waals surface area contributed by atoms with Crippen molar-refractivity contribution in [2.75, 3.05) is 5.32 Å². The highest BCUT2D eigenvalue weighted by Gasteiger charge is 2.07. The van der Waals surface area contributed by atoms with Crippen LogP contribution in [0.2, 0.25) is 5.02 Å². The van der Waals surface area contributed by atoms with E-state index >= 15 is 0 Å². The Bertz CT molecular complexity index is 672. The molecule has 1 heterocycles. The molecule has 0 fully saturated rings. The molecule has 0 unspecified atom stereocenters. The lowest BCUT2D eigenvalue weighted by atomic mass is 10.2. The number of halogens is 1. The molecule has 6 heteroatoms. The predicted octanol–water partition coefficient (Wildman–Crippen LogP) is 2.75. The van der Waals surface area contributed by atoms with E-state index in [-0.39, 0.29) is 12.3 Å². The number of nitriles is 1. The van der Waals surface area contributed by atoms with Gasteiger partial charge in [-0.15, -0.1) is 0 Å². The van der Waals surface area contributed by atoms with Crippen molar-refractivity contribution in [1.29, 1.82) is 5.26 Å². The van der Waals surface area contributed by atoms with Gasteiger partial charge < -0.3 is 5.32 Å². The van der Waals surface area contributed by atoms with E-state index in [1.165, 1.54) is 0 Å². The van der Waals surface area contributed by atoms with Gasteiger partial charge in [0.2, 0.25) is 5.91 Å². The van der Waals surface area contributed by atoms with Crippen LogP contribution in [0.4, 0.5) is 5.69 Å². The molecule has 2 aromatic rings. The molecular weight excluding hydrogens is 276 g/mol. The normalized spacial score (nSPS) is 10.1. The summed E-state index contributed by atoms with van der Waals surface area (Å²) in [5.74, 6) is -0.133. The van der Waals surface area contributed by atoms with Crippen LogP contribution in [0.15, 0.2) is 30.5 Å². The molecule has 0 aliphatic carbocycles. The molecular formula is C14H13ClN4O. The molecule has 0 radical (unpaired) electrons. The van der Waals surface area contributed by atoms with Crippen LogP contribution in [0, 0.1) is 18.3 Å². The fraction of sp³-hybridized carbons (Fsp3) is 0.214. The van der Waals surface area contributed by atoms with E-state index in [1.807, 2.05) is 13.0 Å². The minimum atomic E-state index is -0.133. The molecule has 0 aliphatic rings. The number of aryl methyl sites for hydroxylation is 1. The molecule has 0 aliphatic heterocycles. The van der Waals surface area contributed by atoms with Crippen LogP contribution in [-0.2, 0) is 11.3 Å². The smallest absolute Gasteiger partial charge is 0.226 e. The zero-order valence-electron chi connectivity index (χ0n) is 10.9. The summed E-state index contributed by atoms with van der Waals surface area (Å²) in [7, 11) is 0. The molecule has 102 valence electrons. The summed E-state index contributed by atoms with van der Waals surface area (Å²) >= 11 is 5.89. The summed E-state index contributed by atoms with van der Waals surface area (Å²) in [6, 6.07) is 8.82. The summed E-state index contributed by atoms with van der Waals surface area (Å²) in [5, 5.41) is 16.2. The molecule has 0 atom stereocenters. The van der Waals surface area contributed by atoms with Crippen LogP contribution >= 0.6 is 11.6 Å². The van der Waals surface area contributed by atoms with Gasteiger partial charge >= 0.3 is 0 Å². The molecule has 0 saturated carbocycles. The highest BCUT2D eigenvalue weighted by Crippen LogP contribution is 2.14. The van der Waals surface area contributed by atoms with Gasteiger partial charge in [-0.25, -0.2) is 0 Å². The van der Waals surface area contributed by atoms with Gasteiger partial charge in [0.15, 0.2) is 0 Å². The number of hydrogen-bond donors (Lipinski definition) is 1. The Hall–Kier alpha value is -2.32. The number of carbonyl (C=O) groups is 1. The van der Waals surface area contributed by atoms with Crippen LogP contribution in [0.1, 0.15) is 17.7 Å². The zero-order chi connectivity index (χ0) is 14.5. The van der Waals surface area contributed by atoms with E-state index < -0.39 is 0 Å². The Morgan fingerprint density at radius 1 is 1.55 bits per heavy atom. The van der Waals surface area contributed by atoms with Gasteiger partial charge in [0, 0.05) is 12.1 Å². The first kappa shape index (κ1) is 14.1. The SMILES string of the molecule is Cc1c(Cl)cnn1CCC(=O)Nc1cccc(C#N)c1. The Balaban J connectivity index is 1.93. The van der Waals surface area contributed by atoms with Crippen molar-refractivity contribution in [3.63, 3.8) is 0 Å². The molecule has 1 aromatic heterocycles. The fourth-order valence-corrected chi connectivity index (χ4v) is 1.89. The third-order valence-corrected chi connectivity index (χ3v) is 3.24. The highest BCUT2D eigenvalue weighted by molar-refractivity contribution is 6.31. The lowest BCUT2D eigenvalue weighted by Gasteiger charge is -2.07. The third kappa shape index (κ3) is 3.37. The van der Waals surface area contributed by atoms with Gasteiger partial charge in [-0.2, -0.15) is 10.4 Å². The number of benzene rings is 1. The number of anilines is 1. The number of nitrogens with one attached hydrogen (secondary N) is 1. The summed E-state index contributed by atoms with van der Waals surface area (Å²) < 4.78 is 1.69. The van der Waals surface area contributed by atoms with Crippen molar-refractivity contribution in [2.24, 2.45) is 0 Å². The van der Waals surface area contributed by atoms with Crippen molar-refractivity contribution in [3.8, 4) is 6.07 Å².